The Bertz CT molecular complexity index is 743. The van der Waals surface area contributed by atoms with Crippen LogP contribution in [-0.4, -0.2) is 39.9 Å². The van der Waals surface area contributed by atoms with Crippen LogP contribution in [0.4, 0.5) is 4.79 Å². The lowest BCUT2D eigenvalue weighted by Gasteiger charge is -2.20. The lowest BCUT2D eigenvalue weighted by Crippen LogP contribution is -2.36. The van der Waals surface area contributed by atoms with Crippen molar-refractivity contribution in [1.29, 1.82) is 0 Å². The molecule has 6 nitrogen and oxygen atoms in total. The fraction of sp³-hybridized carbons (Fsp3) is 0.444. The van der Waals surface area contributed by atoms with Crippen molar-refractivity contribution in [2.75, 3.05) is 6.54 Å². The van der Waals surface area contributed by atoms with Crippen LogP contribution in [0.2, 0.25) is 0 Å². The normalized spacial score (nSPS) is 13.0. The molecule has 24 heavy (non-hydrogen) atoms. The monoisotopic (exact) mass is 332 g/mol. The number of carbonyl (C=O) groups is 2. The van der Waals surface area contributed by atoms with Crippen LogP contribution in [0.5, 0.6) is 0 Å². The molecule has 1 aromatic carbocycles. The first kappa shape index (κ1) is 18.0. The molecule has 6 heteroatoms. The molecule has 0 aliphatic rings. The summed E-state index contributed by atoms with van der Waals surface area (Å²) in [5, 5.41) is 13.3. The SMILES string of the molecule is C[C@H](Cc1cn(C(=O)O)c2ccccc12)NCC(=O)OC(C)(C)C. The summed E-state index contributed by atoms with van der Waals surface area (Å²) in [6.45, 7) is 7.56. The molecule has 0 aliphatic carbocycles. The second-order valence-corrected chi connectivity index (χ2v) is 6.90. The van der Waals surface area contributed by atoms with E-state index in [1.165, 1.54) is 4.57 Å². The molecule has 0 fully saturated rings. The average Bonchev–Trinajstić information content (AvgIpc) is 2.83. The Hall–Kier alpha value is -2.34. The Morgan fingerprint density at radius 2 is 1.96 bits per heavy atom. The maximum atomic E-state index is 11.8. The van der Waals surface area contributed by atoms with Gasteiger partial charge in [-0.3, -0.25) is 9.36 Å². The fourth-order valence-corrected chi connectivity index (χ4v) is 2.61. The van der Waals surface area contributed by atoms with Gasteiger partial charge in [0.1, 0.15) is 5.60 Å². The molecule has 1 heterocycles. The number of nitrogens with one attached hydrogen (secondary N) is 1. The summed E-state index contributed by atoms with van der Waals surface area (Å²) in [6, 6.07) is 7.40. The molecule has 2 rings (SSSR count). The standard InChI is InChI=1S/C18H24N2O4/c1-12(19-10-16(21)24-18(2,3)4)9-13-11-20(17(22)23)15-8-6-5-7-14(13)15/h5-8,11-12,19H,9-10H2,1-4H3,(H,22,23)/t12-/m1/s1. The lowest BCUT2D eigenvalue weighted by atomic mass is 10.1. The van der Waals surface area contributed by atoms with E-state index in [0.29, 0.717) is 11.9 Å². The molecule has 0 unspecified atom stereocenters. The van der Waals surface area contributed by atoms with Gasteiger partial charge in [-0.25, -0.2) is 4.79 Å². The van der Waals surface area contributed by atoms with Crippen LogP contribution < -0.4 is 5.32 Å². The Morgan fingerprint density at radius 1 is 1.29 bits per heavy atom. The van der Waals surface area contributed by atoms with Crippen LogP contribution in [-0.2, 0) is 16.0 Å². The highest BCUT2D eigenvalue weighted by Crippen LogP contribution is 2.22. The third-order valence-corrected chi connectivity index (χ3v) is 3.54. The predicted molar refractivity (Wildman–Crippen MR) is 92.4 cm³/mol. The molecule has 130 valence electrons. The molecule has 0 bridgehead atoms. The maximum absolute atomic E-state index is 11.8. The third kappa shape index (κ3) is 4.58. The van der Waals surface area contributed by atoms with E-state index in [1.54, 1.807) is 12.3 Å². The Morgan fingerprint density at radius 3 is 2.58 bits per heavy atom. The van der Waals surface area contributed by atoms with Crippen LogP contribution >= 0.6 is 0 Å². The summed E-state index contributed by atoms with van der Waals surface area (Å²) in [6.07, 6.45) is 1.24. The second kappa shape index (κ2) is 7.05. The van der Waals surface area contributed by atoms with Crippen molar-refractivity contribution < 1.29 is 19.4 Å². The van der Waals surface area contributed by atoms with Gasteiger partial charge in [0.15, 0.2) is 0 Å². The number of benzene rings is 1. The van der Waals surface area contributed by atoms with Gasteiger partial charge in [-0.2, -0.15) is 0 Å². The molecule has 2 N–H and O–H groups in total. The minimum atomic E-state index is -1.01. The van der Waals surface area contributed by atoms with Gasteiger partial charge in [-0.05, 0) is 45.7 Å². The smallest absolute Gasteiger partial charge is 0.416 e. The number of fused-ring (bicyclic) bond motifs is 1. The van der Waals surface area contributed by atoms with Gasteiger partial charge in [-0.1, -0.05) is 18.2 Å². The molecule has 1 atom stereocenters. The summed E-state index contributed by atoms with van der Waals surface area (Å²) in [4.78, 5) is 23.1. The van der Waals surface area contributed by atoms with Crippen molar-refractivity contribution in [3.8, 4) is 0 Å². The summed E-state index contributed by atoms with van der Waals surface area (Å²) >= 11 is 0. The molecule has 0 radical (unpaired) electrons. The van der Waals surface area contributed by atoms with Crippen LogP contribution in [0.25, 0.3) is 10.9 Å². The minimum absolute atomic E-state index is 0.00516. The maximum Gasteiger partial charge on any atom is 0.416 e. The van der Waals surface area contributed by atoms with E-state index in [9.17, 15) is 14.7 Å². The molecule has 0 saturated carbocycles. The van der Waals surface area contributed by atoms with Crippen molar-refractivity contribution in [3.05, 3.63) is 36.0 Å². The Kier molecular flexibility index (Phi) is 5.29. The highest BCUT2D eigenvalue weighted by atomic mass is 16.6. The zero-order valence-electron chi connectivity index (χ0n) is 14.5. The van der Waals surface area contributed by atoms with Gasteiger partial charge in [0.05, 0.1) is 12.1 Å². The number of carboxylic acid groups (broad SMARTS) is 1. The van der Waals surface area contributed by atoms with E-state index >= 15 is 0 Å². The van der Waals surface area contributed by atoms with Crippen molar-refractivity contribution in [1.82, 2.24) is 9.88 Å². The number of hydrogen-bond donors (Lipinski definition) is 2. The number of nitrogens with zero attached hydrogens (tertiary/aromatic N) is 1. The fourth-order valence-electron chi connectivity index (χ4n) is 2.61. The minimum Gasteiger partial charge on any atom is -0.464 e. The molecular weight excluding hydrogens is 308 g/mol. The van der Waals surface area contributed by atoms with Crippen LogP contribution in [0, 0.1) is 0 Å². The summed E-state index contributed by atoms with van der Waals surface area (Å²) in [5.41, 5.74) is 1.09. The predicted octanol–water partition coefficient (Wildman–Crippen LogP) is 3.03. The van der Waals surface area contributed by atoms with E-state index in [-0.39, 0.29) is 18.6 Å². The lowest BCUT2D eigenvalue weighted by molar-refractivity contribution is -0.153. The van der Waals surface area contributed by atoms with E-state index in [4.69, 9.17) is 4.74 Å². The average molecular weight is 332 g/mol. The van der Waals surface area contributed by atoms with Crippen molar-refractivity contribution >= 4 is 23.0 Å². The van der Waals surface area contributed by atoms with Gasteiger partial charge in [-0.15, -0.1) is 0 Å². The van der Waals surface area contributed by atoms with Gasteiger partial charge < -0.3 is 15.2 Å². The molecule has 2 aromatic rings. The highest BCUT2D eigenvalue weighted by Gasteiger charge is 2.18. The van der Waals surface area contributed by atoms with Crippen LogP contribution in [0.1, 0.15) is 33.3 Å². The zero-order valence-corrected chi connectivity index (χ0v) is 14.5. The molecule has 0 amide bonds. The summed E-state index contributed by atoms with van der Waals surface area (Å²) < 4.78 is 6.49. The largest absolute Gasteiger partial charge is 0.464 e. The van der Waals surface area contributed by atoms with Crippen molar-refractivity contribution in [2.24, 2.45) is 0 Å². The number of esters is 1. The third-order valence-electron chi connectivity index (χ3n) is 3.54. The molecular formula is C18H24N2O4. The first-order valence-corrected chi connectivity index (χ1v) is 7.95. The Balaban J connectivity index is 2.04. The van der Waals surface area contributed by atoms with Gasteiger partial charge in [0, 0.05) is 17.6 Å². The first-order chi connectivity index (χ1) is 11.2. The number of para-hydroxylation sites is 1. The Labute approximate surface area is 141 Å². The van der Waals surface area contributed by atoms with E-state index in [0.717, 1.165) is 10.9 Å². The quantitative estimate of drug-likeness (QED) is 0.823. The van der Waals surface area contributed by atoms with Gasteiger partial charge in [0.25, 0.3) is 0 Å². The molecule has 0 saturated heterocycles. The zero-order chi connectivity index (χ0) is 17.9. The summed E-state index contributed by atoms with van der Waals surface area (Å²) in [5.74, 6) is -0.303. The van der Waals surface area contributed by atoms with E-state index in [2.05, 4.69) is 5.32 Å². The van der Waals surface area contributed by atoms with Crippen molar-refractivity contribution in [3.63, 3.8) is 0 Å². The topological polar surface area (TPSA) is 80.6 Å². The number of ether oxygens (including phenoxy) is 1. The second-order valence-electron chi connectivity index (χ2n) is 6.90. The number of aromatic nitrogens is 1. The number of rotatable bonds is 5. The highest BCUT2D eigenvalue weighted by molar-refractivity contribution is 5.91. The molecule has 0 aliphatic heterocycles. The number of carbonyl (C=O) groups excluding carboxylic acids is 1. The number of hydrogen-bond acceptors (Lipinski definition) is 4. The van der Waals surface area contributed by atoms with E-state index < -0.39 is 11.7 Å². The van der Waals surface area contributed by atoms with Crippen molar-refractivity contribution in [2.45, 2.75) is 45.8 Å². The molecule has 0 spiro atoms. The van der Waals surface area contributed by atoms with E-state index in [1.807, 2.05) is 45.9 Å². The van der Waals surface area contributed by atoms with Crippen LogP contribution in [0.15, 0.2) is 30.5 Å². The van der Waals surface area contributed by atoms with Gasteiger partial charge in [0.2, 0.25) is 0 Å². The first-order valence-electron chi connectivity index (χ1n) is 7.95. The van der Waals surface area contributed by atoms with Gasteiger partial charge >= 0.3 is 12.1 Å². The summed E-state index contributed by atoms with van der Waals surface area (Å²) in [7, 11) is 0. The van der Waals surface area contributed by atoms with Crippen LogP contribution in [0.3, 0.4) is 0 Å². The molecule has 1 aromatic heterocycles.